The number of benzene rings is 1. The number of aromatic nitrogens is 4. The number of rotatable bonds is 3. The van der Waals surface area contributed by atoms with E-state index in [2.05, 4.69) is 20.1 Å². The quantitative estimate of drug-likeness (QED) is 0.739. The Hall–Kier alpha value is -2.76. The second kappa shape index (κ2) is 4.37. The SMILES string of the molecule is Nc1ccc(C2(c3nc(-c4ncccn4)no3)CC2)cc1. The summed E-state index contributed by atoms with van der Waals surface area (Å²) in [5, 5.41) is 4.00. The summed E-state index contributed by atoms with van der Waals surface area (Å²) in [6.07, 6.45) is 5.30. The van der Waals surface area contributed by atoms with Gasteiger partial charge in [0.15, 0.2) is 0 Å². The molecule has 2 heterocycles. The van der Waals surface area contributed by atoms with Crippen LogP contribution in [-0.4, -0.2) is 20.1 Å². The molecule has 1 aromatic carbocycles. The zero-order valence-electron chi connectivity index (χ0n) is 11.2. The summed E-state index contributed by atoms with van der Waals surface area (Å²) >= 11 is 0. The lowest BCUT2D eigenvalue weighted by molar-refractivity contribution is 0.360. The highest BCUT2D eigenvalue weighted by Gasteiger charge is 2.51. The van der Waals surface area contributed by atoms with Gasteiger partial charge in [-0.2, -0.15) is 4.98 Å². The van der Waals surface area contributed by atoms with Crippen LogP contribution in [0.3, 0.4) is 0 Å². The lowest BCUT2D eigenvalue weighted by Crippen LogP contribution is -2.09. The first kappa shape index (κ1) is 12.0. The highest BCUT2D eigenvalue weighted by Crippen LogP contribution is 2.53. The first-order chi connectivity index (χ1) is 10.3. The molecule has 1 saturated carbocycles. The molecule has 0 atom stereocenters. The Morgan fingerprint density at radius 1 is 1.00 bits per heavy atom. The molecule has 104 valence electrons. The molecule has 0 bridgehead atoms. The van der Waals surface area contributed by atoms with Crippen LogP contribution in [0.15, 0.2) is 47.2 Å². The fourth-order valence-corrected chi connectivity index (χ4v) is 2.48. The average Bonchev–Trinajstić information content (AvgIpc) is 3.19. The van der Waals surface area contributed by atoms with Crippen molar-refractivity contribution in [3.63, 3.8) is 0 Å². The molecule has 2 aromatic heterocycles. The fraction of sp³-hybridized carbons (Fsp3) is 0.200. The van der Waals surface area contributed by atoms with Crippen LogP contribution in [0, 0.1) is 0 Å². The van der Waals surface area contributed by atoms with E-state index in [9.17, 15) is 0 Å². The van der Waals surface area contributed by atoms with E-state index in [1.807, 2.05) is 24.3 Å². The van der Waals surface area contributed by atoms with Gasteiger partial charge in [0.25, 0.3) is 0 Å². The zero-order valence-corrected chi connectivity index (χ0v) is 11.2. The Balaban J connectivity index is 1.71. The van der Waals surface area contributed by atoms with Crippen LogP contribution in [0.5, 0.6) is 0 Å². The van der Waals surface area contributed by atoms with Crippen molar-refractivity contribution in [2.24, 2.45) is 0 Å². The molecule has 2 N–H and O–H groups in total. The van der Waals surface area contributed by atoms with Crippen LogP contribution in [0.2, 0.25) is 0 Å². The van der Waals surface area contributed by atoms with E-state index in [-0.39, 0.29) is 5.41 Å². The summed E-state index contributed by atoms with van der Waals surface area (Å²) < 4.78 is 5.46. The molecular weight excluding hydrogens is 266 g/mol. The summed E-state index contributed by atoms with van der Waals surface area (Å²) in [6.45, 7) is 0. The van der Waals surface area contributed by atoms with E-state index in [1.54, 1.807) is 18.5 Å². The molecule has 0 amide bonds. The Labute approximate surface area is 121 Å². The topological polar surface area (TPSA) is 90.7 Å². The molecule has 6 heteroatoms. The molecule has 0 saturated heterocycles. The van der Waals surface area contributed by atoms with E-state index in [0.717, 1.165) is 24.1 Å². The van der Waals surface area contributed by atoms with Gasteiger partial charge in [-0.05, 0) is 36.6 Å². The van der Waals surface area contributed by atoms with Gasteiger partial charge < -0.3 is 10.3 Å². The summed E-state index contributed by atoms with van der Waals surface area (Å²) in [4.78, 5) is 12.8. The van der Waals surface area contributed by atoms with Crippen molar-refractivity contribution >= 4 is 5.69 Å². The molecule has 4 rings (SSSR count). The zero-order chi connectivity index (χ0) is 14.3. The number of hydrogen-bond acceptors (Lipinski definition) is 6. The first-order valence-electron chi connectivity index (χ1n) is 6.75. The van der Waals surface area contributed by atoms with E-state index in [4.69, 9.17) is 10.3 Å². The van der Waals surface area contributed by atoms with Crippen LogP contribution in [-0.2, 0) is 5.41 Å². The van der Waals surface area contributed by atoms with E-state index in [0.29, 0.717) is 17.5 Å². The standard InChI is InChI=1S/C15H13N5O/c16-11-4-2-10(3-5-11)15(6-7-15)14-19-13(20-21-14)12-17-8-1-9-18-12/h1-5,8-9H,6-7,16H2. The lowest BCUT2D eigenvalue weighted by Gasteiger charge is -2.10. The van der Waals surface area contributed by atoms with Crippen LogP contribution in [0.25, 0.3) is 11.6 Å². The maximum Gasteiger partial charge on any atom is 0.240 e. The van der Waals surface area contributed by atoms with Crippen molar-refractivity contribution < 1.29 is 4.52 Å². The van der Waals surface area contributed by atoms with Crippen LogP contribution < -0.4 is 5.73 Å². The second-order valence-electron chi connectivity index (χ2n) is 5.20. The Kier molecular flexibility index (Phi) is 2.50. The Morgan fingerprint density at radius 2 is 1.71 bits per heavy atom. The highest BCUT2D eigenvalue weighted by molar-refractivity contribution is 5.47. The largest absolute Gasteiger partial charge is 0.399 e. The van der Waals surface area contributed by atoms with Gasteiger partial charge in [-0.25, -0.2) is 9.97 Å². The first-order valence-corrected chi connectivity index (χ1v) is 6.75. The second-order valence-corrected chi connectivity index (χ2v) is 5.20. The minimum Gasteiger partial charge on any atom is -0.399 e. The van der Waals surface area contributed by atoms with Crippen LogP contribution >= 0.6 is 0 Å². The highest BCUT2D eigenvalue weighted by atomic mass is 16.5. The predicted molar refractivity (Wildman–Crippen MR) is 76.2 cm³/mol. The lowest BCUT2D eigenvalue weighted by atomic mass is 9.96. The summed E-state index contributed by atoms with van der Waals surface area (Å²) in [7, 11) is 0. The molecule has 0 aliphatic heterocycles. The van der Waals surface area contributed by atoms with Gasteiger partial charge in [0.1, 0.15) is 0 Å². The van der Waals surface area contributed by atoms with Crippen LogP contribution in [0.1, 0.15) is 24.3 Å². The number of nitrogens with two attached hydrogens (primary N) is 1. The van der Waals surface area contributed by atoms with Crippen molar-refractivity contribution in [1.29, 1.82) is 0 Å². The summed E-state index contributed by atoms with van der Waals surface area (Å²) in [5.74, 6) is 1.52. The molecule has 1 aliphatic carbocycles. The van der Waals surface area contributed by atoms with Gasteiger partial charge in [-0.3, -0.25) is 0 Å². The molecule has 1 fully saturated rings. The van der Waals surface area contributed by atoms with E-state index < -0.39 is 0 Å². The number of nitrogen functional groups attached to an aromatic ring is 1. The van der Waals surface area contributed by atoms with Crippen molar-refractivity contribution in [2.75, 3.05) is 5.73 Å². The van der Waals surface area contributed by atoms with Gasteiger partial charge in [-0.1, -0.05) is 17.3 Å². The molecule has 0 unspecified atom stereocenters. The molecule has 0 spiro atoms. The maximum absolute atomic E-state index is 5.74. The summed E-state index contributed by atoms with van der Waals surface area (Å²) in [5.41, 5.74) is 7.47. The molecule has 1 aliphatic rings. The number of hydrogen-bond donors (Lipinski definition) is 1. The van der Waals surface area contributed by atoms with Gasteiger partial charge in [0, 0.05) is 18.1 Å². The minimum atomic E-state index is -0.173. The number of nitrogens with zero attached hydrogens (tertiary/aromatic N) is 4. The third-order valence-electron chi connectivity index (χ3n) is 3.81. The minimum absolute atomic E-state index is 0.173. The Bertz CT molecular complexity index is 762. The van der Waals surface area contributed by atoms with E-state index >= 15 is 0 Å². The van der Waals surface area contributed by atoms with Crippen molar-refractivity contribution in [3.05, 3.63) is 54.2 Å². The third-order valence-corrected chi connectivity index (χ3v) is 3.81. The fourth-order valence-electron chi connectivity index (χ4n) is 2.48. The molecule has 3 aromatic rings. The van der Waals surface area contributed by atoms with Gasteiger partial charge in [-0.15, -0.1) is 0 Å². The molecule has 6 nitrogen and oxygen atoms in total. The van der Waals surface area contributed by atoms with Crippen molar-refractivity contribution in [3.8, 4) is 11.6 Å². The van der Waals surface area contributed by atoms with Crippen molar-refractivity contribution in [2.45, 2.75) is 18.3 Å². The monoisotopic (exact) mass is 279 g/mol. The van der Waals surface area contributed by atoms with E-state index in [1.165, 1.54) is 0 Å². The third kappa shape index (κ3) is 1.96. The van der Waals surface area contributed by atoms with Gasteiger partial charge in [0.2, 0.25) is 17.5 Å². The average molecular weight is 279 g/mol. The molecule has 0 radical (unpaired) electrons. The molecule has 21 heavy (non-hydrogen) atoms. The van der Waals surface area contributed by atoms with Crippen LogP contribution in [0.4, 0.5) is 5.69 Å². The number of anilines is 1. The Morgan fingerprint density at radius 3 is 2.38 bits per heavy atom. The predicted octanol–water partition coefficient (Wildman–Crippen LogP) is 2.19. The maximum atomic E-state index is 5.74. The normalized spacial score (nSPS) is 15.8. The summed E-state index contributed by atoms with van der Waals surface area (Å²) in [6, 6.07) is 9.58. The van der Waals surface area contributed by atoms with Gasteiger partial charge in [0.05, 0.1) is 5.41 Å². The van der Waals surface area contributed by atoms with Crippen molar-refractivity contribution in [1.82, 2.24) is 20.1 Å². The van der Waals surface area contributed by atoms with Gasteiger partial charge >= 0.3 is 0 Å². The smallest absolute Gasteiger partial charge is 0.240 e. The molecular formula is C15H13N5O.